The van der Waals surface area contributed by atoms with Crippen molar-refractivity contribution < 1.29 is 0 Å². The van der Waals surface area contributed by atoms with Gasteiger partial charge in [0, 0.05) is 29.9 Å². The van der Waals surface area contributed by atoms with Crippen molar-refractivity contribution in [3.8, 4) is 0 Å². The summed E-state index contributed by atoms with van der Waals surface area (Å²) in [5.41, 5.74) is 0. The van der Waals surface area contributed by atoms with E-state index in [0.717, 1.165) is 18.3 Å². The van der Waals surface area contributed by atoms with Crippen molar-refractivity contribution in [3.05, 3.63) is 11.6 Å². The van der Waals surface area contributed by atoms with E-state index >= 15 is 0 Å². The zero-order valence-corrected chi connectivity index (χ0v) is 8.46. The van der Waals surface area contributed by atoms with Crippen molar-refractivity contribution in [1.82, 2.24) is 10.3 Å². The summed E-state index contributed by atoms with van der Waals surface area (Å²) in [6.07, 6.45) is 4.62. The van der Waals surface area contributed by atoms with Crippen LogP contribution in [0, 0.1) is 0 Å². The first-order valence-corrected chi connectivity index (χ1v) is 6.07. The second kappa shape index (κ2) is 4.25. The van der Waals surface area contributed by atoms with Crippen molar-refractivity contribution in [2.24, 2.45) is 0 Å². The van der Waals surface area contributed by atoms with Crippen molar-refractivity contribution >= 4 is 23.1 Å². The second-order valence-corrected chi connectivity index (χ2v) is 5.11. The van der Waals surface area contributed by atoms with Gasteiger partial charge in [0.05, 0.1) is 0 Å². The van der Waals surface area contributed by atoms with Gasteiger partial charge in [0.25, 0.3) is 0 Å². The lowest BCUT2D eigenvalue weighted by atomic mass is 10.6. The summed E-state index contributed by atoms with van der Waals surface area (Å²) in [7, 11) is 0. The number of thioether (sulfide) groups is 1. The smallest absolute Gasteiger partial charge is 0.149 e. The van der Waals surface area contributed by atoms with Gasteiger partial charge in [-0.2, -0.15) is 0 Å². The molecule has 0 saturated heterocycles. The van der Waals surface area contributed by atoms with Gasteiger partial charge >= 0.3 is 0 Å². The predicted molar refractivity (Wildman–Crippen MR) is 53.9 cm³/mol. The minimum Gasteiger partial charge on any atom is -0.313 e. The van der Waals surface area contributed by atoms with Crippen LogP contribution in [0.15, 0.2) is 15.9 Å². The highest BCUT2D eigenvalue weighted by molar-refractivity contribution is 8.01. The Morgan fingerprint density at radius 2 is 2.58 bits per heavy atom. The standard InChI is InChI=1S/C8H12N2S2/c1-2-7(1)9-3-5-11-8-10-4-6-12-8/h4,6-7,9H,1-3,5H2. The molecule has 0 amide bonds. The molecule has 0 aliphatic heterocycles. The molecule has 1 aromatic rings. The molecule has 0 radical (unpaired) electrons. The van der Waals surface area contributed by atoms with E-state index < -0.39 is 0 Å². The number of nitrogens with one attached hydrogen (secondary N) is 1. The zero-order chi connectivity index (χ0) is 8.23. The highest BCUT2D eigenvalue weighted by Crippen LogP contribution is 2.21. The molecule has 1 aromatic heterocycles. The predicted octanol–water partition coefficient (Wildman–Crippen LogP) is 1.99. The molecule has 0 atom stereocenters. The number of nitrogens with zero attached hydrogens (tertiary/aromatic N) is 1. The van der Waals surface area contributed by atoms with Gasteiger partial charge in [-0.05, 0) is 12.8 Å². The van der Waals surface area contributed by atoms with Gasteiger partial charge in [0.2, 0.25) is 0 Å². The molecular formula is C8H12N2S2. The van der Waals surface area contributed by atoms with E-state index in [4.69, 9.17) is 0 Å². The molecular weight excluding hydrogens is 188 g/mol. The lowest BCUT2D eigenvalue weighted by molar-refractivity contribution is 0.726. The lowest BCUT2D eigenvalue weighted by Gasteiger charge is -1.99. The van der Waals surface area contributed by atoms with Crippen molar-refractivity contribution in [2.45, 2.75) is 23.2 Å². The van der Waals surface area contributed by atoms with E-state index in [9.17, 15) is 0 Å². The van der Waals surface area contributed by atoms with E-state index in [-0.39, 0.29) is 0 Å². The van der Waals surface area contributed by atoms with Gasteiger partial charge in [-0.25, -0.2) is 4.98 Å². The van der Waals surface area contributed by atoms with Crippen LogP contribution >= 0.6 is 23.1 Å². The van der Waals surface area contributed by atoms with Crippen LogP contribution in [0.4, 0.5) is 0 Å². The first-order chi connectivity index (χ1) is 5.95. The summed E-state index contributed by atoms with van der Waals surface area (Å²) in [5, 5.41) is 5.50. The summed E-state index contributed by atoms with van der Waals surface area (Å²) in [5.74, 6) is 1.14. The van der Waals surface area contributed by atoms with Crippen LogP contribution in [0.3, 0.4) is 0 Å². The van der Waals surface area contributed by atoms with Crippen LogP contribution < -0.4 is 5.32 Å². The Balaban J connectivity index is 1.56. The van der Waals surface area contributed by atoms with Crippen LogP contribution in [0.5, 0.6) is 0 Å². The summed E-state index contributed by atoms with van der Waals surface area (Å²) >= 11 is 3.56. The van der Waals surface area contributed by atoms with Crippen molar-refractivity contribution in [1.29, 1.82) is 0 Å². The zero-order valence-electron chi connectivity index (χ0n) is 6.82. The number of rotatable bonds is 5. The summed E-state index contributed by atoms with van der Waals surface area (Å²) < 4.78 is 1.19. The molecule has 2 nitrogen and oxygen atoms in total. The molecule has 4 heteroatoms. The minimum atomic E-state index is 0.835. The first-order valence-electron chi connectivity index (χ1n) is 4.21. The van der Waals surface area contributed by atoms with Gasteiger partial charge < -0.3 is 5.32 Å². The summed E-state index contributed by atoms with van der Waals surface area (Å²) in [6.45, 7) is 1.12. The molecule has 0 aromatic carbocycles. The van der Waals surface area contributed by atoms with Crippen molar-refractivity contribution in [2.75, 3.05) is 12.3 Å². The average Bonchev–Trinajstić information content (AvgIpc) is 2.76. The maximum absolute atomic E-state index is 4.20. The fourth-order valence-corrected chi connectivity index (χ4v) is 2.55. The minimum absolute atomic E-state index is 0.835. The molecule has 0 spiro atoms. The molecule has 12 heavy (non-hydrogen) atoms. The van der Waals surface area contributed by atoms with E-state index in [1.54, 1.807) is 11.3 Å². The third kappa shape index (κ3) is 2.77. The third-order valence-corrected chi connectivity index (χ3v) is 3.72. The fraction of sp³-hybridized carbons (Fsp3) is 0.625. The number of aromatic nitrogens is 1. The molecule has 66 valence electrons. The summed E-state index contributed by atoms with van der Waals surface area (Å²) in [4.78, 5) is 4.20. The van der Waals surface area contributed by atoms with E-state index in [2.05, 4.69) is 10.3 Å². The van der Waals surface area contributed by atoms with Gasteiger partial charge in [0.1, 0.15) is 4.34 Å². The molecule has 1 saturated carbocycles. The molecule has 0 bridgehead atoms. The first kappa shape index (κ1) is 8.53. The molecule has 2 rings (SSSR count). The molecule has 1 heterocycles. The van der Waals surface area contributed by atoms with E-state index in [1.807, 2.05) is 23.3 Å². The summed E-state index contributed by atoms with van der Waals surface area (Å²) in [6, 6.07) is 0.835. The number of hydrogen-bond acceptors (Lipinski definition) is 4. The van der Waals surface area contributed by atoms with E-state index in [0.29, 0.717) is 0 Å². The maximum atomic E-state index is 4.20. The number of hydrogen-bond donors (Lipinski definition) is 1. The Hall–Kier alpha value is -0.0600. The van der Waals surface area contributed by atoms with Crippen LogP contribution in [0.1, 0.15) is 12.8 Å². The third-order valence-electron chi connectivity index (χ3n) is 1.75. The van der Waals surface area contributed by atoms with Crippen LogP contribution in [-0.2, 0) is 0 Å². The van der Waals surface area contributed by atoms with E-state index in [1.165, 1.54) is 17.2 Å². The maximum Gasteiger partial charge on any atom is 0.149 e. The van der Waals surface area contributed by atoms with Gasteiger partial charge in [-0.15, -0.1) is 11.3 Å². The monoisotopic (exact) mass is 200 g/mol. The second-order valence-electron chi connectivity index (χ2n) is 2.87. The largest absolute Gasteiger partial charge is 0.313 e. The van der Waals surface area contributed by atoms with Crippen molar-refractivity contribution in [3.63, 3.8) is 0 Å². The molecule has 1 aliphatic rings. The van der Waals surface area contributed by atoms with Crippen LogP contribution in [0.25, 0.3) is 0 Å². The van der Waals surface area contributed by atoms with Gasteiger partial charge in [-0.1, -0.05) is 11.8 Å². The average molecular weight is 200 g/mol. The molecule has 0 unspecified atom stereocenters. The van der Waals surface area contributed by atoms with Crippen LogP contribution in [0.2, 0.25) is 0 Å². The van der Waals surface area contributed by atoms with Gasteiger partial charge in [0.15, 0.2) is 0 Å². The van der Waals surface area contributed by atoms with Gasteiger partial charge in [-0.3, -0.25) is 0 Å². The normalized spacial score (nSPS) is 16.7. The molecule has 1 fully saturated rings. The Bertz CT molecular complexity index is 219. The molecule has 1 N–H and O–H groups in total. The Morgan fingerprint density at radius 1 is 1.67 bits per heavy atom. The topological polar surface area (TPSA) is 24.9 Å². The quantitative estimate of drug-likeness (QED) is 0.581. The lowest BCUT2D eigenvalue weighted by Crippen LogP contribution is -2.18. The highest BCUT2D eigenvalue weighted by Gasteiger charge is 2.19. The Kier molecular flexibility index (Phi) is 3.03. The fourth-order valence-electron chi connectivity index (χ4n) is 0.970. The highest BCUT2D eigenvalue weighted by atomic mass is 32.2. The van der Waals surface area contributed by atoms with Crippen LogP contribution in [-0.4, -0.2) is 23.3 Å². The Morgan fingerprint density at radius 3 is 3.25 bits per heavy atom. The Labute approximate surface area is 80.8 Å². The SMILES string of the molecule is c1csc(SCCNC2CC2)n1. The number of thiazole rings is 1. The molecule has 1 aliphatic carbocycles.